The Morgan fingerprint density at radius 1 is 1.21 bits per heavy atom. The summed E-state index contributed by atoms with van der Waals surface area (Å²) in [5.74, 6) is -3.88. The van der Waals surface area contributed by atoms with E-state index in [0.29, 0.717) is 17.7 Å². The summed E-state index contributed by atoms with van der Waals surface area (Å²) in [6.07, 6.45) is -4.90. The molecule has 2 aromatic rings. The molecule has 0 saturated heterocycles. The SMILES string of the molecule is Nc1ccc(CC(CP(=O)(O)Cc2ccc(C(F)(F)F)c(F)c2)C(=O)O)cn1. The van der Waals surface area contributed by atoms with E-state index >= 15 is 0 Å². The standard InChI is InChI=1S/C17H17F4N2O4P/c18-14-6-11(1-3-13(14)17(19,20)21)8-28(26,27)9-12(16(24)25)5-10-2-4-15(22)23-7-10/h1-4,6-7,12H,5,8-9H2,(H2,22,23)(H,24,25)(H,26,27). The average Bonchev–Trinajstić information content (AvgIpc) is 2.54. The lowest BCUT2D eigenvalue weighted by Crippen LogP contribution is -2.21. The van der Waals surface area contributed by atoms with Crippen LogP contribution in [-0.2, 0) is 28.1 Å². The van der Waals surface area contributed by atoms with Gasteiger partial charge in [0.2, 0.25) is 7.37 Å². The number of benzene rings is 1. The number of aromatic nitrogens is 1. The highest BCUT2D eigenvalue weighted by Gasteiger charge is 2.35. The maximum Gasteiger partial charge on any atom is 0.419 e. The fourth-order valence-corrected chi connectivity index (χ4v) is 4.52. The van der Waals surface area contributed by atoms with Gasteiger partial charge in [-0.1, -0.05) is 12.1 Å². The molecule has 1 heterocycles. The van der Waals surface area contributed by atoms with E-state index in [0.717, 1.165) is 6.07 Å². The van der Waals surface area contributed by atoms with Crippen LogP contribution in [-0.4, -0.2) is 27.1 Å². The first kappa shape index (κ1) is 21.8. The smallest absolute Gasteiger partial charge is 0.419 e. The van der Waals surface area contributed by atoms with E-state index in [4.69, 9.17) is 5.73 Å². The number of hydrogen-bond donors (Lipinski definition) is 3. The van der Waals surface area contributed by atoms with Crippen LogP contribution in [0, 0.1) is 11.7 Å². The van der Waals surface area contributed by atoms with Gasteiger partial charge < -0.3 is 15.7 Å². The zero-order valence-electron chi connectivity index (χ0n) is 14.4. The molecule has 0 spiro atoms. The van der Waals surface area contributed by atoms with Crippen molar-refractivity contribution in [2.75, 3.05) is 11.9 Å². The molecule has 2 unspecified atom stereocenters. The van der Waals surface area contributed by atoms with Crippen LogP contribution >= 0.6 is 7.37 Å². The van der Waals surface area contributed by atoms with Gasteiger partial charge in [-0.15, -0.1) is 0 Å². The highest BCUT2D eigenvalue weighted by molar-refractivity contribution is 7.57. The Morgan fingerprint density at radius 2 is 1.86 bits per heavy atom. The molecular formula is C17H17F4N2O4P. The number of nitrogens with zero attached hydrogens (tertiary/aromatic N) is 1. The Labute approximate surface area is 157 Å². The van der Waals surface area contributed by atoms with Crippen LogP contribution in [0.5, 0.6) is 0 Å². The summed E-state index contributed by atoms with van der Waals surface area (Å²) in [6.45, 7) is 0. The first-order valence-electron chi connectivity index (χ1n) is 7.97. The third-order valence-corrected chi connectivity index (χ3v) is 5.82. The van der Waals surface area contributed by atoms with Gasteiger partial charge >= 0.3 is 12.1 Å². The number of hydrogen-bond acceptors (Lipinski definition) is 4. The summed E-state index contributed by atoms with van der Waals surface area (Å²) < 4.78 is 63.8. The molecule has 6 nitrogen and oxygen atoms in total. The van der Waals surface area contributed by atoms with Crippen molar-refractivity contribution in [1.29, 1.82) is 0 Å². The molecule has 0 saturated carbocycles. The van der Waals surface area contributed by atoms with Crippen LogP contribution < -0.4 is 5.73 Å². The molecule has 0 aliphatic carbocycles. The number of rotatable bonds is 7. The second-order valence-corrected chi connectivity index (χ2v) is 8.70. The van der Waals surface area contributed by atoms with Crippen LogP contribution in [0.1, 0.15) is 16.7 Å². The Morgan fingerprint density at radius 3 is 2.36 bits per heavy atom. The lowest BCUT2D eigenvalue weighted by Gasteiger charge is -2.18. The number of aliphatic carboxylic acids is 1. The molecule has 2 atom stereocenters. The van der Waals surface area contributed by atoms with Crippen molar-refractivity contribution in [3.8, 4) is 0 Å². The van der Waals surface area contributed by atoms with Gasteiger partial charge in [-0.3, -0.25) is 9.36 Å². The summed E-state index contributed by atoms with van der Waals surface area (Å²) in [5, 5.41) is 9.33. The third kappa shape index (κ3) is 6.03. The van der Waals surface area contributed by atoms with Crippen LogP contribution in [0.15, 0.2) is 36.5 Å². The Balaban J connectivity index is 2.14. The fraction of sp³-hybridized carbons (Fsp3) is 0.294. The monoisotopic (exact) mass is 420 g/mol. The molecule has 4 N–H and O–H groups in total. The van der Waals surface area contributed by atoms with E-state index in [1.807, 2.05) is 0 Å². The maximum absolute atomic E-state index is 13.6. The summed E-state index contributed by atoms with van der Waals surface area (Å²) in [7, 11) is -4.12. The first-order valence-corrected chi connectivity index (χ1v) is 10.00. The van der Waals surface area contributed by atoms with Crippen LogP contribution in [0.2, 0.25) is 0 Å². The Bertz CT molecular complexity index is 903. The third-order valence-electron chi connectivity index (χ3n) is 3.95. The first-order chi connectivity index (χ1) is 12.9. The molecule has 0 bridgehead atoms. The average molecular weight is 420 g/mol. The second-order valence-electron chi connectivity index (χ2n) is 6.33. The minimum Gasteiger partial charge on any atom is -0.481 e. The van der Waals surface area contributed by atoms with Crippen LogP contribution in [0.25, 0.3) is 0 Å². The number of anilines is 1. The minimum absolute atomic E-state index is 0.0888. The van der Waals surface area contributed by atoms with Crippen LogP contribution in [0.4, 0.5) is 23.4 Å². The van der Waals surface area contributed by atoms with E-state index in [-0.39, 0.29) is 17.8 Å². The molecule has 0 fully saturated rings. The van der Waals surface area contributed by atoms with E-state index in [9.17, 15) is 36.9 Å². The molecule has 0 aliphatic rings. The van der Waals surface area contributed by atoms with E-state index in [1.165, 1.54) is 18.3 Å². The van der Waals surface area contributed by atoms with E-state index < -0.39 is 49.1 Å². The van der Waals surface area contributed by atoms with Crippen molar-refractivity contribution in [3.63, 3.8) is 0 Å². The van der Waals surface area contributed by atoms with Gasteiger partial charge in [-0.2, -0.15) is 13.2 Å². The highest BCUT2D eigenvalue weighted by Crippen LogP contribution is 2.47. The molecule has 152 valence electrons. The molecule has 1 aromatic carbocycles. The number of carboxylic acids is 1. The number of carboxylic acid groups (broad SMARTS) is 1. The number of alkyl halides is 3. The van der Waals surface area contributed by atoms with Crippen molar-refractivity contribution in [1.82, 2.24) is 4.98 Å². The highest BCUT2D eigenvalue weighted by atomic mass is 31.2. The lowest BCUT2D eigenvalue weighted by molar-refractivity contribution is -0.141. The maximum atomic E-state index is 13.6. The molecular weight excluding hydrogens is 403 g/mol. The largest absolute Gasteiger partial charge is 0.481 e. The van der Waals surface area contributed by atoms with Crippen molar-refractivity contribution < 1.29 is 36.9 Å². The number of nitrogens with two attached hydrogens (primary N) is 1. The number of carbonyl (C=O) groups is 1. The quantitative estimate of drug-likeness (QED) is 0.467. The lowest BCUT2D eigenvalue weighted by atomic mass is 10.0. The van der Waals surface area contributed by atoms with Gasteiger partial charge in [0.05, 0.1) is 11.5 Å². The molecule has 1 aromatic heterocycles. The van der Waals surface area contributed by atoms with E-state index in [1.54, 1.807) is 0 Å². The van der Waals surface area contributed by atoms with Gasteiger partial charge in [0.15, 0.2) is 0 Å². The fourth-order valence-electron chi connectivity index (χ4n) is 2.65. The summed E-state index contributed by atoms with van der Waals surface area (Å²) in [6, 6.07) is 4.91. The van der Waals surface area contributed by atoms with Gasteiger partial charge in [0.25, 0.3) is 0 Å². The second kappa shape index (κ2) is 8.28. The molecule has 28 heavy (non-hydrogen) atoms. The van der Waals surface area contributed by atoms with Gasteiger partial charge in [0.1, 0.15) is 11.6 Å². The number of nitrogen functional groups attached to an aromatic ring is 1. The molecule has 2 rings (SSSR count). The Kier molecular flexibility index (Phi) is 6.46. The molecule has 11 heteroatoms. The minimum atomic E-state index is -4.88. The number of halogens is 4. The van der Waals surface area contributed by atoms with E-state index in [2.05, 4.69) is 4.98 Å². The number of pyridine rings is 1. The van der Waals surface area contributed by atoms with Crippen molar-refractivity contribution in [2.24, 2.45) is 5.92 Å². The topological polar surface area (TPSA) is 114 Å². The predicted octanol–water partition coefficient (Wildman–Crippen LogP) is 3.54. The van der Waals surface area contributed by atoms with Crippen molar-refractivity contribution in [2.45, 2.75) is 18.8 Å². The molecule has 0 radical (unpaired) electrons. The normalized spacial score (nSPS) is 15.0. The summed E-state index contributed by atoms with van der Waals surface area (Å²) >= 11 is 0. The zero-order valence-corrected chi connectivity index (χ0v) is 15.3. The van der Waals surface area contributed by atoms with Crippen LogP contribution in [0.3, 0.4) is 0 Å². The summed E-state index contributed by atoms with van der Waals surface area (Å²) in [4.78, 5) is 25.4. The summed E-state index contributed by atoms with van der Waals surface area (Å²) in [5.41, 5.74) is 4.32. The van der Waals surface area contributed by atoms with Gasteiger partial charge in [0, 0.05) is 18.5 Å². The van der Waals surface area contributed by atoms with Gasteiger partial charge in [-0.25, -0.2) is 9.37 Å². The van der Waals surface area contributed by atoms with Crippen molar-refractivity contribution in [3.05, 3.63) is 59.0 Å². The zero-order chi connectivity index (χ0) is 21.1. The molecule has 0 amide bonds. The predicted molar refractivity (Wildman–Crippen MR) is 93.3 cm³/mol. The van der Waals surface area contributed by atoms with Crippen molar-refractivity contribution >= 4 is 19.2 Å². The van der Waals surface area contributed by atoms with Gasteiger partial charge in [-0.05, 0) is 35.7 Å². The molecule has 0 aliphatic heterocycles. The Hall–Kier alpha value is -2.45.